The average Bonchev–Trinajstić information content (AvgIpc) is 3.21. The number of hydrogen-bond donors (Lipinski definition) is 1. The summed E-state index contributed by atoms with van der Waals surface area (Å²) in [5.74, 6) is 2.24. The molecular formula is C19H20N2O3S. The van der Waals surface area contributed by atoms with Crippen LogP contribution < -0.4 is 10.1 Å². The van der Waals surface area contributed by atoms with Crippen molar-refractivity contribution < 1.29 is 13.9 Å². The Balaban J connectivity index is 1.64. The van der Waals surface area contributed by atoms with Gasteiger partial charge in [-0.3, -0.25) is 4.79 Å². The molecule has 5 nitrogen and oxygen atoms in total. The predicted molar refractivity (Wildman–Crippen MR) is 98.3 cm³/mol. The van der Waals surface area contributed by atoms with Gasteiger partial charge in [0.25, 0.3) is 5.91 Å². The molecule has 3 aromatic rings. The fourth-order valence-corrected chi connectivity index (χ4v) is 3.51. The van der Waals surface area contributed by atoms with Gasteiger partial charge in [0, 0.05) is 6.54 Å². The molecule has 1 aromatic carbocycles. The second-order valence-electron chi connectivity index (χ2n) is 5.66. The second-order valence-corrected chi connectivity index (χ2v) is 6.66. The van der Waals surface area contributed by atoms with E-state index < -0.39 is 0 Å². The molecule has 6 heteroatoms. The van der Waals surface area contributed by atoms with Crippen LogP contribution in [0.2, 0.25) is 0 Å². The Bertz CT molecular complexity index is 882. The summed E-state index contributed by atoms with van der Waals surface area (Å²) in [5.41, 5.74) is 1.78. The number of benzene rings is 1. The SMILES string of the molecule is COc1ccccc1CCNC(=O)c1sc(-c2ccc(C)o2)nc1C. The van der Waals surface area contributed by atoms with Crippen molar-refractivity contribution in [2.45, 2.75) is 20.3 Å². The molecule has 2 aromatic heterocycles. The van der Waals surface area contributed by atoms with Crippen LogP contribution in [0.15, 0.2) is 40.8 Å². The maximum atomic E-state index is 12.5. The monoisotopic (exact) mass is 356 g/mol. The van der Waals surface area contributed by atoms with Crippen molar-refractivity contribution in [3.63, 3.8) is 0 Å². The number of aromatic nitrogens is 1. The molecule has 0 unspecified atom stereocenters. The number of nitrogens with zero attached hydrogens (tertiary/aromatic N) is 1. The molecule has 25 heavy (non-hydrogen) atoms. The molecule has 0 bridgehead atoms. The highest BCUT2D eigenvalue weighted by molar-refractivity contribution is 7.17. The Morgan fingerprint density at radius 3 is 2.76 bits per heavy atom. The summed E-state index contributed by atoms with van der Waals surface area (Å²) >= 11 is 1.35. The van der Waals surface area contributed by atoms with Crippen molar-refractivity contribution >= 4 is 17.2 Å². The van der Waals surface area contributed by atoms with E-state index in [9.17, 15) is 4.79 Å². The predicted octanol–water partition coefficient (Wildman–Crippen LogP) is 4.00. The molecule has 0 aliphatic rings. The largest absolute Gasteiger partial charge is 0.496 e. The lowest BCUT2D eigenvalue weighted by Crippen LogP contribution is -2.25. The van der Waals surface area contributed by atoms with Crippen LogP contribution in [0.4, 0.5) is 0 Å². The summed E-state index contributed by atoms with van der Waals surface area (Å²) in [6.07, 6.45) is 0.706. The van der Waals surface area contributed by atoms with Crippen LogP contribution in [0.5, 0.6) is 5.75 Å². The van der Waals surface area contributed by atoms with E-state index in [0.29, 0.717) is 29.3 Å². The zero-order chi connectivity index (χ0) is 17.8. The first-order chi connectivity index (χ1) is 12.1. The van der Waals surface area contributed by atoms with Gasteiger partial charge >= 0.3 is 0 Å². The van der Waals surface area contributed by atoms with Gasteiger partial charge in [0.05, 0.1) is 12.8 Å². The standard InChI is InChI=1S/C19H20N2O3S/c1-12-8-9-16(24-12)19-21-13(2)17(25-19)18(22)20-11-10-14-6-4-5-7-15(14)23-3/h4-9H,10-11H2,1-3H3,(H,20,22). The number of para-hydroxylation sites is 1. The molecule has 0 spiro atoms. The van der Waals surface area contributed by atoms with Gasteiger partial charge in [0.1, 0.15) is 16.4 Å². The number of hydrogen-bond acceptors (Lipinski definition) is 5. The molecule has 0 saturated heterocycles. The summed E-state index contributed by atoms with van der Waals surface area (Å²) < 4.78 is 10.9. The molecule has 1 N–H and O–H groups in total. The first kappa shape index (κ1) is 17.2. The third-order valence-electron chi connectivity index (χ3n) is 3.83. The van der Waals surface area contributed by atoms with Gasteiger partial charge in [0.15, 0.2) is 10.8 Å². The van der Waals surface area contributed by atoms with Gasteiger partial charge in [-0.25, -0.2) is 4.98 Å². The maximum absolute atomic E-state index is 12.5. The molecule has 2 heterocycles. The minimum Gasteiger partial charge on any atom is -0.496 e. The zero-order valence-corrected chi connectivity index (χ0v) is 15.3. The van der Waals surface area contributed by atoms with Gasteiger partial charge in [-0.1, -0.05) is 18.2 Å². The van der Waals surface area contributed by atoms with Crippen LogP contribution in [-0.2, 0) is 6.42 Å². The normalized spacial score (nSPS) is 10.7. The molecule has 0 aliphatic carbocycles. The van der Waals surface area contributed by atoms with Crippen molar-refractivity contribution in [3.05, 3.63) is 58.3 Å². The number of carbonyl (C=O) groups is 1. The van der Waals surface area contributed by atoms with Gasteiger partial charge in [-0.15, -0.1) is 11.3 Å². The third kappa shape index (κ3) is 3.91. The minimum absolute atomic E-state index is 0.112. The molecule has 0 radical (unpaired) electrons. The molecule has 1 amide bonds. The first-order valence-corrected chi connectivity index (χ1v) is 8.84. The number of rotatable bonds is 6. The summed E-state index contributed by atoms with van der Waals surface area (Å²) in [5, 5.41) is 3.68. The van der Waals surface area contributed by atoms with Crippen LogP contribution in [0.25, 0.3) is 10.8 Å². The summed E-state index contributed by atoms with van der Waals surface area (Å²) in [7, 11) is 1.65. The quantitative estimate of drug-likeness (QED) is 0.725. The van der Waals surface area contributed by atoms with Crippen LogP contribution in [-0.4, -0.2) is 24.5 Å². The highest BCUT2D eigenvalue weighted by Gasteiger charge is 2.17. The first-order valence-electron chi connectivity index (χ1n) is 8.03. The van der Waals surface area contributed by atoms with Crippen molar-refractivity contribution in [3.8, 4) is 16.5 Å². The van der Waals surface area contributed by atoms with Gasteiger partial charge < -0.3 is 14.5 Å². The van der Waals surface area contributed by atoms with Gasteiger partial charge in [-0.05, 0) is 44.0 Å². The van der Waals surface area contributed by atoms with Crippen LogP contribution in [0.3, 0.4) is 0 Å². The lowest BCUT2D eigenvalue weighted by molar-refractivity contribution is 0.0957. The number of amides is 1. The fourth-order valence-electron chi connectivity index (χ4n) is 2.56. The van der Waals surface area contributed by atoms with Crippen molar-refractivity contribution in [2.75, 3.05) is 13.7 Å². The maximum Gasteiger partial charge on any atom is 0.263 e. The minimum atomic E-state index is -0.112. The summed E-state index contributed by atoms with van der Waals surface area (Å²) in [4.78, 5) is 17.5. The van der Waals surface area contributed by atoms with E-state index in [4.69, 9.17) is 9.15 Å². The Morgan fingerprint density at radius 1 is 1.24 bits per heavy atom. The van der Waals surface area contributed by atoms with E-state index in [0.717, 1.165) is 22.1 Å². The lowest BCUT2D eigenvalue weighted by Gasteiger charge is -2.08. The Morgan fingerprint density at radius 2 is 2.04 bits per heavy atom. The van der Waals surface area contributed by atoms with Gasteiger partial charge in [0.2, 0.25) is 0 Å². The Labute approximate surface area is 150 Å². The highest BCUT2D eigenvalue weighted by Crippen LogP contribution is 2.29. The lowest BCUT2D eigenvalue weighted by atomic mass is 10.1. The van der Waals surface area contributed by atoms with E-state index in [1.165, 1.54) is 11.3 Å². The number of furan rings is 1. The molecular weight excluding hydrogens is 336 g/mol. The van der Waals surface area contributed by atoms with Crippen molar-refractivity contribution in [1.82, 2.24) is 10.3 Å². The molecule has 0 fully saturated rings. The smallest absolute Gasteiger partial charge is 0.263 e. The summed E-state index contributed by atoms with van der Waals surface area (Å²) in [6.45, 7) is 4.26. The van der Waals surface area contributed by atoms with Gasteiger partial charge in [-0.2, -0.15) is 0 Å². The zero-order valence-electron chi connectivity index (χ0n) is 14.5. The number of aryl methyl sites for hydroxylation is 2. The number of ether oxygens (including phenoxy) is 1. The number of nitrogens with one attached hydrogen (secondary N) is 1. The number of thiazole rings is 1. The van der Waals surface area contributed by atoms with E-state index in [-0.39, 0.29) is 5.91 Å². The molecule has 3 rings (SSSR count). The molecule has 0 saturated carbocycles. The molecule has 0 aliphatic heterocycles. The van der Waals surface area contributed by atoms with E-state index in [1.807, 2.05) is 50.2 Å². The van der Waals surface area contributed by atoms with Crippen LogP contribution in [0, 0.1) is 13.8 Å². The topological polar surface area (TPSA) is 64.4 Å². The Kier molecular flexibility index (Phi) is 5.19. The van der Waals surface area contributed by atoms with Crippen LogP contribution in [0.1, 0.15) is 26.7 Å². The van der Waals surface area contributed by atoms with E-state index in [1.54, 1.807) is 7.11 Å². The van der Waals surface area contributed by atoms with Crippen LogP contribution >= 0.6 is 11.3 Å². The van der Waals surface area contributed by atoms with Crippen molar-refractivity contribution in [1.29, 1.82) is 0 Å². The Hall–Kier alpha value is -2.60. The van der Waals surface area contributed by atoms with E-state index >= 15 is 0 Å². The average molecular weight is 356 g/mol. The highest BCUT2D eigenvalue weighted by atomic mass is 32.1. The third-order valence-corrected chi connectivity index (χ3v) is 5.00. The molecule has 130 valence electrons. The van der Waals surface area contributed by atoms with E-state index in [2.05, 4.69) is 10.3 Å². The summed E-state index contributed by atoms with van der Waals surface area (Å²) in [6, 6.07) is 11.6. The second kappa shape index (κ2) is 7.53. The van der Waals surface area contributed by atoms with Crippen molar-refractivity contribution in [2.24, 2.45) is 0 Å². The number of methoxy groups -OCH3 is 1. The molecule has 0 atom stereocenters. The fraction of sp³-hybridized carbons (Fsp3) is 0.263. The number of carbonyl (C=O) groups excluding carboxylic acids is 1.